The molecule has 1 aromatic carbocycles. The molecule has 1 aromatic rings. The maximum atomic E-state index is 12.5. The zero-order chi connectivity index (χ0) is 17.5. The first kappa shape index (κ1) is 16.6. The van der Waals surface area contributed by atoms with E-state index in [1.165, 1.54) is 23.1 Å². The number of rotatable bonds is 6. The van der Waals surface area contributed by atoms with Gasteiger partial charge in [0, 0.05) is 12.0 Å². The predicted octanol–water partition coefficient (Wildman–Crippen LogP) is 2.76. The molecule has 0 unspecified atom stereocenters. The number of nitrogens with zero attached hydrogens (tertiary/aromatic N) is 1. The molecule has 0 radical (unpaired) electrons. The molecule has 1 amide bonds. The van der Waals surface area contributed by atoms with Crippen molar-refractivity contribution in [2.45, 2.75) is 37.6 Å². The number of ether oxygens (including phenoxy) is 1. The molecule has 1 N–H and O–H groups in total. The molecule has 2 fully saturated rings. The van der Waals surface area contributed by atoms with E-state index in [0.29, 0.717) is 12.0 Å². The van der Waals surface area contributed by atoms with Gasteiger partial charge in [-0.1, -0.05) is 18.2 Å². The largest absolute Gasteiger partial charge is 0.573 e. The van der Waals surface area contributed by atoms with Gasteiger partial charge in [-0.25, -0.2) is 0 Å². The van der Waals surface area contributed by atoms with Gasteiger partial charge in [0.15, 0.2) is 0 Å². The van der Waals surface area contributed by atoms with Crippen LogP contribution in [-0.2, 0) is 9.59 Å². The fourth-order valence-corrected chi connectivity index (χ4v) is 2.95. The van der Waals surface area contributed by atoms with Crippen molar-refractivity contribution in [1.29, 1.82) is 0 Å². The monoisotopic (exact) mass is 343 g/mol. The number of halogens is 3. The molecule has 0 aliphatic heterocycles. The summed E-state index contributed by atoms with van der Waals surface area (Å²) in [5.74, 6) is -2.55. The lowest BCUT2D eigenvalue weighted by molar-refractivity contribution is -0.274. The molecule has 2 aliphatic carbocycles. The van der Waals surface area contributed by atoms with Gasteiger partial charge < -0.3 is 14.7 Å². The Hall–Kier alpha value is -2.25. The van der Waals surface area contributed by atoms with Crippen molar-refractivity contribution in [2.24, 2.45) is 5.92 Å². The molecule has 2 saturated carbocycles. The van der Waals surface area contributed by atoms with Crippen molar-refractivity contribution < 1.29 is 32.6 Å². The third-order valence-electron chi connectivity index (χ3n) is 4.23. The molecule has 0 aromatic heterocycles. The van der Waals surface area contributed by atoms with Crippen molar-refractivity contribution in [3.05, 3.63) is 29.8 Å². The summed E-state index contributed by atoms with van der Waals surface area (Å²) in [7, 11) is 0. The number of hydrogen-bond donors (Lipinski definition) is 1. The maximum absolute atomic E-state index is 12.5. The Labute approximate surface area is 136 Å². The zero-order valence-corrected chi connectivity index (χ0v) is 12.6. The molecule has 5 nitrogen and oxygen atoms in total. The Bertz CT molecular complexity index is 657. The van der Waals surface area contributed by atoms with E-state index in [2.05, 4.69) is 4.74 Å². The number of alkyl halides is 3. The Kier molecular flexibility index (Phi) is 4.15. The highest BCUT2D eigenvalue weighted by molar-refractivity contribution is 5.87. The predicted molar refractivity (Wildman–Crippen MR) is 76.3 cm³/mol. The van der Waals surface area contributed by atoms with E-state index in [-0.39, 0.29) is 30.2 Å². The first-order valence-electron chi connectivity index (χ1n) is 7.63. The summed E-state index contributed by atoms with van der Waals surface area (Å²) < 4.78 is 41.5. The van der Waals surface area contributed by atoms with Gasteiger partial charge in [0.05, 0.1) is 0 Å². The third-order valence-corrected chi connectivity index (χ3v) is 4.23. The minimum Gasteiger partial charge on any atom is -0.480 e. The average molecular weight is 343 g/mol. The highest BCUT2D eigenvalue weighted by atomic mass is 19.4. The quantitative estimate of drug-likeness (QED) is 0.862. The fourth-order valence-electron chi connectivity index (χ4n) is 2.95. The molecular weight excluding hydrogens is 327 g/mol. The van der Waals surface area contributed by atoms with Crippen molar-refractivity contribution in [3.63, 3.8) is 0 Å². The normalized spacial score (nSPS) is 22.8. The molecule has 8 heteroatoms. The van der Waals surface area contributed by atoms with Crippen LogP contribution in [0.4, 0.5) is 13.2 Å². The summed E-state index contributed by atoms with van der Waals surface area (Å²) in [5, 5.41) is 8.93. The van der Waals surface area contributed by atoms with Crippen LogP contribution in [0.2, 0.25) is 0 Å². The Morgan fingerprint density at radius 1 is 1.25 bits per heavy atom. The average Bonchev–Trinajstić information content (AvgIpc) is 3.35. The Morgan fingerprint density at radius 2 is 1.92 bits per heavy atom. The van der Waals surface area contributed by atoms with Crippen molar-refractivity contribution in [3.8, 4) is 5.75 Å². The van der Waals surface area contributed by atoms with Crippen LogP contribution in [0.1, 0.15) is 30.7 Å². The van der Waals surface area contributed by atoms with Crippen LogP contribution in [0.3, 0.4) is 0 Å². The van der Waals surface area contributed by atoms with E-state index in [9.17, 15) is 22.8 Å². The smallest absolute Gasteiger partial charge is 0.480 e. The molecule has 2 atom stereocenters. The molecule has 2 aliphatic rings. The molecule has 0 saturated heterocycles. The van der Waals surface area contributed by atoms with Crippen LogP contribution in [0.15, 0.2) is 24.3 Å². The van der Waals surface area contributed by atoms with E-state index in [1.54, 1.807) is 6.07 Å². The van der Waals surface area contributed by atoms with Gasteiger partial charge in [0.2, 0.25) is 5.91 Å². The lowest BCUT2D eigenvalue weighted by Gasteiger charge is -2.20. The van der Waals surface area contributed by atoms with E-state index in [1.807, 2.05) is 0 Å². The minimum atomic E-state index is -4.80. The van der Waals surface area contributed by atoms with Gasteiger partial charge in [-0.2, -0.15) is 0 Å². The number of carboxylic acids is 1. The molecule has 3 rings (SSSR count). The van der Waals surface area contributed by atoms with Crippen molar-refractivity contribution >= 4 is 11.9 Å². The van der Waals surface area contributed by atoms with Gasteiger partial charge in [-0.3, -0.25) is 9.59 Å². The molecule has 0 spiro atoms. The van der Waals surface area contributed by atoms with Crippen molar-refractivity contribution in [2.75, 3.05) is 6.54 Å². The van der Waals surface area contributed by atoms with Crippen LogP contribution in [0, 0.1) is 5.92 Å². The minimum absolute atomic E-state index is 0.0588. The van der Waals surface area contributed by atoms with Gasteiger partial charge in [0.1, 0.15) is 12.3 Å². The van der Waals surface area contributed by atoms with Gasteiger partial charge >= 0.3 is 12.3 Å². The summed E-state index contributed by atoms with van der Waals surface area (Å²) in [6.07, 6.45) is -2.86. The highest BCUT2D eigenvalue weighted by Gasteiger charge is 2.50. The Balaban J connectivity index is 1.73. The van der Waals surface area contributed by atoms with Crippen LogP contribution < -0.4 is 4.74 Å². The van der Waals surface area contributed by atoms with Gasteiger partial charge in [-0.05, 0) is 36.8 Å². The maximum Gasteiger partial charge on any atom is 0.573 e. The number of carbonyl (C=O) groups excluding carboxylic acids is 1. The Morgan fingerprint density at radius 3 is 2.50 bits per heavy atom. The van der Waals surface area contributed by atoms with E-state index < -0.39 is 18.2 Å². The number of amides is 1. The van der Waals surface area contributed by atoms with E-state index >= 15 is 0 Å². The van der Waals surface area contributed by atoms with Gasteiger partial charge in [0.25, 0.3) is 0 Å². The summed E-state index contributed by atoms with van der Waals surface area (Å²) >= 11 is 0. The van der Waals surface area contributed by atoms with Crippen molar-refractivity contribution in [1.82, 2.24) is 4.90 Å². The number of aliphatic carboxylic acids is 1. The van der Waals surface area contributed by atoms with Crippen LogP contribution in [-0.4, -0.2) is 40.8 Å². The second kappa shape index (κ2) is 5.99. The van der Waals surface area contributed by atoms with Crippen LogP contribution in [0.25, 0.3) is 0 Å². The third kappa shape index (κ3) is 3.80. The van der Waals surface area contributed by atoms with Gasteiger partial charge in [-0.15, -0.1) is 13.2 Å². The molecular formula is C16H16F3NO4. The number of para-hydroxylation sites is 1. The van der Waals surface area contributed by atoms with E-state index in [0.717, 1.165) is 12.8 Å². The highest BCUT2D eigenvalue weighted by Crippen LogP contribution is 2.52. The molecule has 24 heavy (non-hydrogen) atoms. The lowest BCUT2D eigenvalue weighted by Crippen LogP contribution is -2.38. The SMILES string of the molecule is O=C(O)CN(C(=O)[C@@H]1C[C@H]1c1ccccc1OC(F)(F)F)C1CC1. The summed E-state index contributed by atoms with van der Waals surface area (Å²) in [6.45, 7) is -0.368. The topological polar surface area (TPSA) is 66.8 Å². The summed E-state index contributed by atoms with van der Waals surface area (Å²) in [4.78, 5) is 24.7. The first-order chi connectivity index (χ1) is 11.3. The number of hydrogen-bond acceptors (Lipinski definition) is 3. The summed E-state index contributed by atoms with van der Waals surface area (Å²) in [6, 6.07) is 5.70. The lowest BCUT2D eigenvalue weighted by atomic mass is 10.1. The number of carboxylic acid groups (broad SMARTS) is 1. The molecule has 0 heterocycles. The molecule has 0 bridgehead atoms. The number of carbonyl (C=O) groups is 2. The first-order valence-corrected chi connectivity index (χ1v) is 7.63. The molecule has 130 valence electrons. The van der Waals surface area contributed by atoms with Crippen LogP contribution in [0.5, 0.6) is 5.75 Å². The fraction of sp³-hybridized carbons (Fsp3) is 0.500. The standard InChI is InChI=1S/C16H16F3NO4/c17-16(18,19)24-13-4-2-1-3-10(13)11-7-12(11)15(23)20(8-14(21)22)9-5-6-9/h1-4,9,11-12H,5-8H2,(H,21,22)/t11-,12+/m0/s1. The summed E-state index contributed by atoms with van der Waals surface area (Å²) in [5.41, 5.74) is 0.333. The zero-order valence-electron chi connectivity index (χ0n) is 12.6. The number of benzene rings is 1. The second-order valence-electron chi connectivity index (χ2n) is 6.13. The van der Waals surface area contributed by atoms with E-state index in [4.69, 9.17) is 5.11 Å². The second-order valence-corrected chi connectivity index (χ2v) is 6.13. The van der Waals surface area contributed by atoms with Crippen LogP contribution >= 0.6 is 0 Å².